The van der Waals surface area contributed by atoms with Crippen LogP contribution in [-0.4, -0.2) is 51.5 Å². The van der Waals surface area contributed by atoms with Gasteiger partial charge in [-0.05, 0) is 68.2 Å². The van der Waals surface area contributed by atoms with Crippen LogP contribution in [0.1, 0.15) is 34.8 Å². The maximum atomic E-state index is 12.2. The molecule has 0 radical (unpaired) electrons. The zero-order valence-electron chi connectivity index (χ0n) is 18.7. The normalized spacial score (nSPS) is 15.2. The number of amides is 1. The Morgan fingerprint density at radius 3 is 2.70 bits per heavy atom. The Balaban J connectivity index is 1.15. The van der Waals surface area contributed by atoms with Gasteiger partial charge in [-0.1, -0.05) is 18.2 Å². The van der Waals surface area contributed by atoms with Gasteiger partial charge in [0, 0.05) is 31.3 Å². The largest absolute Gasteiger partial charge is 0.467 e. The molecule has 4 aromatic rings. The minimum atomic E-state index is -0.00504. The number of aromatic nitrogens is 3. The van der Waals surface area contributed by atoms with Crippen molar-refractivity contribution >= 4 is 17.1 Å². The highest BCUT2D eigenvalue weighted by Crippen LogP contribution is 2.24. The highest BCUT2D eigenvalue weighted by Gasteiger charge is 2.23. The summed E-state index contributed by atoms with van der Waals surface area (Å²) >= 11 is 0. The Morgan fingerprint density at radius 2 is 1.91 bits per heavy atom. The van der Waals surface area contributed by atoms with Gasteiger partial charge in [0.15, 0.2) is 5.65 Å². The van der Waals surface area contributed by atoms with Crippen molar-refractivity contribution in [2.24, 2.45) is 5.92 Å². The number of hydrogen-bond acceptors (Lipinski definition) is 5. The summed E-state index contributed by atoms with van der Waals surface area (Å²) in [6.45, 7) is 4.29. The maximum absolute atomic E-state index is 12.2. The lowest BCUT2D eigenvalue weighted by molar-refractivity contribution is 0.0944. The number of furan rings is 1. The summed E-state index contributed by atoms with van der Waals surface area (Å²) in [5.74, 6) is 2.57. The summed E-state index contributed by atoms with van der Waals surface area (Å²) in [4.78, 5) is 24.1. The van der Waals surface area contributed by atoms with Crippen molar-refractivity contribution in [1.29, 1.82) is 0 Å². The number of nitrogens with one attached hydrogen (secondary N) is 1. The Hall–Kier alpha value is -3.45. The topological polar surface area (TPSA) is 76.2 Å². The van der Waals surface area contributed by atoms with Crippen molar-refractivity contribution < 1.29 is 9.21 Å². The SMILES string of the molecule is O=C(NCCN1CCC(Cc2nc3cccnc3n2Cc2ccco2)CC1)c1ccccc1. The van der Waals surface area contributed by atoms with E-state index in [1.807, 2.05) is 60.8 Å². The second-order valence-electron chi connectivity index (χ2n) is 8.65. The van der Waals surface area contributed by atoms with E-state index in [1.54, 1.807) is 6.26 Å². The summed E-state index contributed by atoms with van der Waals surface area (Å²) in [7, 11) is 0. The van der Waals surface area contributed by atoms with Gasteiger partial charge in [-0.25, -0.2) is 9.97 Å². The molecule has 5 rings (SSSR count). The molecule has 3 aromatic heterocycles. The van der Waals surface area contributed by atoms with Gasteiger partial charge in [0.05, 0.1) is 12.8 Å². The second-order valence-corrected chi connectivity index (χ2v) is 8.65. The number of likely N-dealkylation sites (tertiary alicyclic amines) is 1. The van der Waals surface area contributed by atoms with E-state index in [1.165, 1.54) is 0 Å². The van der Waals surface area contributed by atoms with Gasteiger partial charge in [0.25, 0.3) is 5.91 Å². The minimum absolute atomic E-state index is 0.00504. The van der Waals surface area contributed by atoms with Gasteiger partial charge in [-0.15, -0.1) is 0 Å². The van der Waals surface area contributed by atoms with E-state index >= 15 is 0 Å². The molecule has 0 bridgehead atoms. The maximum Gasteiger partial charge on any atom is 0.251 e. The molecule has 1 aliphatic rings. The first-order valence-corrected chi connectivity index (χ1v) is 11.6. The van der Waals surface area contributed by atoms with Gasteiger partial charge >= 0.3 is 0 Å². The number of imidazole rings is 1. The fourth-order valence-corrected chi connectivity index (χ4v) is 4.58. The number of carbonyl (C=O) groups excluding carboxylic acids is 1. The lowest BCUT2D eigenvalue weighted by Crippen LogP contribution is -2.40. The van der Waals surface area contributed by atoms with Crippen molar-refractivity contribution in [2.45, 2.75) is 25.8 Å². The second kappa shape index (κ2) is 10.0. The lowest BCUT2D eigenvalue weighted by Gasteiger charge is -2.31. The molecule has 0 unspecified atom stereocenters. The Morgan fingerprint density at radius 1 is 1.06 bits per heavy atom. The van der Waals surface area contributed by atoms with Crippen LogP contribution < -0.4 is 5.32 Å². The van der Waals surface area contributed by atoms with Crippen LogP contribution in [0.5, 0.6) is 0 Å². The minimum Gasteiger partial charge on any atom is -0.467 e. The first-order chi connectivity index (χ1) is 16.3. The van der Waals surface area contributed by atoms with E-state index in [9.17, 15) is 4.79 Å². The summed E-state index contributed by atoms with van der Waals surface area (Å²) in [6, 6.07) is 17.3. The standard InChI is InChI=1S/C26H29N5O2/c32-26(21-6-2-1-3-7-21)28-13-16-30-14-10-20(11-15-30)18-24-29-23-9-4-12-27-25(23)31(24)19-22-8-5-17-33-22/h1-9,12,17,20H,10-11,13-16,18-19H2,(H,28,32). The van der Waals surface area contributed by atoms with E-state index in [-0.39, 0.29) is 5.91 Å². The fraction of sp³-hybridized carbons (Fsp3) is 0.346. The molecule has 33 heavy (non-hydrogen) atoms. The summed E-state index contributed by atoms with van der Waals surface area (Å²) in [6.07, 6.45) is 6.73. The van der Waals surface area contributed by atoms with Crippen molar-refractivity contribution in [1.82, 2.24) is 24.8 Å². The molecule has 1 fully saturated rings. The molecule has 1 aromatic carbocycles. The molecule has 1 amide bonds. The molecule has 0 spiro atoms. The number of benzene rings is 1. The Bertz CT molecular complexity index is 1180. The van der Waals surface area contributed by atoms with Crippen molar-refractivity contribution in [2.75, 3.05) is 26.2 Å². The van der Waals surface area contributed by atoms with E-state index in [0.29, 0.717) is 24.6 Å². The third-order valence-electron chi connectivity index (χ3n) is 6.40. The van der Waals surface area contributed by atoms with Gasteiger partial charge < -0.3 is 19.2 Å². The predicted octanol–water partition coefficient (Wildman–Crippen LogP) is 3.76. The number of hydrogen-bond donors (Lipinski definition) is 1. The molecule has 7 nitrogen and oxygen atoms in total. The number of pyridine rings is 1. The molecule has 1 aliphatic heterocycles. The number of rotatable bonds is 8. The molecular formula is C26H29N5O2. The van der Waals surface area contributed by atoms with Crippen LogP contribution in [0.2, 0.25) is 0 Å². The van der Waals surface area contributed by atoms with E-state index in [2.05, 4.69) is 19.8 Å². The Kier molecular flexibility index (Phi) is 6.48. The molecular weight excluding hydrogens is 414 g/mol. The molecule has 1 saturated heterocycles. The summed E-state index contributed by atoms with van der Waals surface area (Å²) < 4.78 is 7.78. The number of carbonyl (C=O) groups is 1. The summed E-state index contributed by atoms with van der Waals surface area (Å²) in [5.41, 5.74) is 2.56. The highest BCUT2D eigenvalue weighted by molar-refractivity contribution is 5.94. The molecule has 0 atom stereocenters. The monoisotopic (exact) mass is 443 g/mol. The Labute approximate surface area is 193 Å². The number of nitrogens with zero attached hydrogens (tertiary/aromatic N) is 4. The molecule has 7 heteroatoms. The van der Waals surface area contributed by atoms with Crippen molar-refractivity contribution in [3.05, 3.63) is 84.2 Å². The fourth-order valence-electron chi connectivity index (χ4n) is 4.58. The van der Waals surface area contributed by atoms with Gasteiger partial charge in [0.2, 0.25) is 0 Å². The van der Waals surface area contributed by atoms with Crippen molar-refractivity contribution in [3.63, 3.8) is 0 Å². The zero-order valence-corrected chi connectivity index (χ0v) is 18.7. The molecule has 170 valence electrons. The van der Waals surface area contributed by atoms with Crippen LogP contribution in [0, 0.1) is 5.92 Å². The average Bonchev–Trinajstić information content (AvgIpc) is 3.49. The van der Waals surface area contributed by atoms with Gasteiger partial charge in [0.1, 0.15) is 17.1 Å². The predicted molar refractivity (Wildman–Crippen MR) is 127 cm³/mol. The van der Waals surface area contributed by atoms with Gasteiger partial charge in [-0.2, -0.15) is 0 Å². The van der Waals surface area contributed by atoms with Crippen LogP contribution in [0.25, 0.3) is 11.2 Å². The molecule has 0 saturated carbocycles. The molecule has 0 aliphatic carbocycles. The zero-order chi connectivity index (χ0) is 22.5. The highest BCUT2D eigenvalue weighted by atomic mass is 16.3. The summed E-state index contributed by atoms with van der Waals surface area (Å²) in [5, 5.41) is 3.03. The van der Waals surface area contributed by atoms with Gasteiger partial charge in [-0.3, -0.25) is 4.79 Å². The number of piperidine rings is 1. The first kappa shape index (κ1) is 21.4. The molecule has 1 N–H and O–H groups in total. The van der Waals surface area contributed by atoms with E-state index < -0.39 is 0 Å². The smallest absolute Gasteiger partial charge is 0.251 e. The van der Waals surface area contributed by atoms with Crippen molar-refractivity contribution in [3.8, 4) is 0 Å². The third kappa shape index (κ3) is 5.14. The van der Waals surface area contributed by atoms with Crippen LogP contribution in [0.15, 0.2) is 71.5 Å². The van der Waals surface area contributed by atoms with Crippen LogP contribution in [-0.2, 0) is 13.0 Å². The number of fused-ring (bicyclic) bond motifs is 1. The van der Waals surface area contributed by atoms with E-state index in [4.69, 9.17) is 9.40 Å². The third-order valence-corrected chi connectivity index (χ3v) is 6.40. The van der Waals surface area contributed by atoms with Crippen LogP contribution >= 0.6 is 0 Å². The first-order valence-electron chi connectivity index (χ1n) is 11.6. The van der Waals surface area contributed by atoms with Crippen LogP contribution in [0.3, 0.4) is 0 Å². The van der Waals surface area contributed by atoms with E-state index in [0.717, 1.165) is 61.6 Å². The molecule has 4 heterocycles. The lowest BCUT2D eigenvalue weighted by atomic mass is 9.93. The average molecular weight is 444 g/mol. The van der Waals surface area contributed by atoms with Crippen LogP contribution in [0.4, 0.5) is 0 Å². The quantitative estimate of drug-likeness (QED) is 0.449.